The summed E-state index contributed by atoms with van der Waals surface area (Å²) in [7, 11) is -1.28. The van der Waals surface area contributed by atoms with E-state index in [0.717, 1.165) is 5.58 Å². The lowest BCUT2D eigenvalue weighted by atomic mass is 10.2. The summed E-state index contributed by atoms with van der Waals surface area (Å²) in [6, 6.07) is 6.48. The molecule has 0 saturated heterocycles. The summed E-state index contributed by atoms with van der Waals surface area (Å²) < 4.78 is 5.64. The number of furan rings is 1. The second kappa shape index (κ2) is 2.99. The van der Waals surface area contributed by atoms with Gasteiger partial charge in [0.1, 0.15) is 5.58 Å². The second-order valence-corrected chi connectivity index (χ2v) is 9.89. The molecule has 0 fully saturated rings. The first-order valence-corrected chi connectivity index (χ1v) is 8.47. The molecular weight excluding hydrogens is 188 g/mol. The van der Waals surface area contributed by atoms with Crippen molar-refractivity contribution in [2.24, 2.45) is 0 Å². The van der Waals surface area contributed by atoms with E-state index in [0.29, 0.717) is 0 Å². The number of hydrogen-bond donors (Lipinski definition) is 0. The van der Waals surface area contributed by atoms with Gasteiger partial charge in [-0.15, -0.1) is 0 Å². The van der Waals surface area contributed by atoms with Crippen molar-refractivity contribution in [2.75, 3.05) is 0 Å². The first-order valence-electron chi connectivity index (χ1n) is 4.97. The van der Waals surface area contributed by atoms with Crippen LogP contribution >= 0.6 is 0 Å². The molecule has 2 aromatic rings. The minimum atomic E-state index is -1.28. The lowest BCUT2D eigenvalue weighted by Crippen LogP contribution is -2.37. The van der Waals surface area contributed by atoms with E-state index in [1.54, 1.807) is 0 Å². The van der Waals surface area contributed by atoms with Gasteiger partial charge in [0.05, 0.1) is 14.3 Å². The lowest BCUT2D eigenvalue weighted by Gasteiger charge is -2.16. The lowest BCUT2D eigenvalue weighted by molar-refractivity contribution is 0.615. The zero-order valence-corrected chi connectivity index (χ0v) is 10.2. The molecule has 0 bridgehead atoms. The summed E-state index contributed by atoms with van der Waals surface area (Å²) in [5.41, 5.74) is 2.34. The van der Waals surface area contributed by atoms with E-state index in [1.807, 2.05) is 6.26 Å². The van der Waals surface area contributed by atoms with Gasteiger partial charge in [-0.2, -0.15) is 0 Å². The maximum Gasteiger partial charge on any atom is 0.133 e. The van der Waals surface area contributed by atoms with Gasteiger partial charge in [0, 0.05) is 5.39 Å². The topological polar surface area (TPSA) is 13.1 Å². The van der Waals surface area contributed by atoms with Gasteiger partial charge in [0.2, 0.25) is 0 Å². The molecule has 0 aliphatic carbocycles. The zero-order valence-electron chi connectivity index (χ0n) is 9.22. The van der Waals surface area contributed by atoms with Gasteiger partial charge >= 0.3 is 0 Å². The number of benzene rings is 1. The average molecular weight is 204 g/mol. The first kappa shape index (κ1) is 9.53. The van der Waals surface area contributed by atoms with Crippen LogP contribution in [0.3, 0.4) is 0 Å². The van der Waals surface area contributed by atoms with Gasteiger partial charge < -0.3 is 4.42 Å². The Morgan fingerprint density at radius 3 is 2.50 bits per heavy atom. The zero-order chi connectivity index (χ0) is 10.3. The molecule has 1 aromatic heterocycles. The Morgan fingerprint density at radius 1 is 1.14 bits per heavy atom. The van der Waals surface area contributed by atoms with Crippen molar-refractivity contribution in [3.8, 4) is 0 Å². The van der Waals surface area contributed by atoms with Gasteiger partial charge in [-0.05, 0) is 17.7 Å². The van der Waals surface area contributed by atoms with Crippen LogP contribution < -0.4 is 5.19 Å². The highest BCUT2D eigenvalue weighted by molar-refractivity contribution is 6.90. The minimum Gasteiger partial charge on any atom is -0.464 e. The Kier molecular flexibility index (Phi) is 2.03. The summed E-state index contributed by atoms with van der Waals surface area (Å²) >= 11 is 0. The third kappa shape index (κ3) is 1.40. The summed E-state index contributed by atoms with van der Waals surface area (Å²) in [4.78, 5) is 0. The molecule has 0 N–H and O–H groups in total. The number of aryl methyl sites for hydroxylation is 1. The highest BCUT2D eigenvalue weighted by Crippen LogP contribution is 2.20. The molecule has 0 spiro atoms. The van der Waals surface area contributed by atoms with Crippen molar-refractivity contribution in [1.82, 2.24) is 0 Å². The smallest absolute Gasteiger partial charge is 0.133 e. The van der Waals surface area contributed by atoms with Crippen molar-refractivity contribution in [2.45, 2.75) is 26.6 Å². The normalized spacial score (nSPS) is 12.3. The molecule has 74 valence electrons. The quantitative estimate of drug-likeness (QED) is 0.650. The number of rotatable bonds is 1. The van der Waals surface area contributed by atoms with Crippen LogP contribution in [-0.2, 0) is 0 Å². The fourth-order valence-electron chi connectivity index (χ4n) is 1.78. The van der Waals surface area contributed by atoms with Crippen LogP contribution in [0.1, 0.15) is 5.56 Å². The first-order chi connectivity index (χ1) is 6.50. The molecule has 2 heteroatoms. The van der Waals surface area contributed by atoms with Gasteiger partial charge in [-0.1, -0.05) is 37.8 Å². The molecule has 0 atom stereocenters. The monoisotopic (exact) mass is 204 g/mol. The number of fused-ring (bicyclic) bond motifs is 1. The molecule has 0 unspecified atom stereocenters. The Morgan fingerprint density at radius 2 is 1.86 bits per heavy atom. The predicted octanol–water partition coefficient (Wildman–Crippen LogP) is 3.29. The maximum absolute atomic E-state index is 5.64. The van der Waals surface area contributed by atoms with E-state index < -0.39 is 8.07 Å². The largest absolute Gasteiger partial charge is 0.464 e. The fraction of sp³-hybridized carbons (Fsp3) is 0.333. The molecule has 0 saturated carbocycles. The maximum atomic E-state index is 5.64. The summed E-state index contributed by atoms with van der Waals surface area (Å²) in [5.74, 6) is 0. The van der Waals surface area contributed by atoms with Crippen molar-refractivity contribution < 1.29 is 4.42 Å². The molecule has 0 aliphatic heterocycles. The van der Waals surface area contributed by atoms with E-state index in [1.165, 1.54) is 16.1 Å². The van der Waals surface area contributed by atoms with Crippen molar-refractivity contribution in [3.05, 3.63) is 30.0 Å². The molecule has 1 nitrogen and oxygen atoms in total. The molecular formula is C12H16OSi. The molecule has 1 heterocycles. The van der Waals surface area contributed by atoms with Gasteiger partial charge in [0.25, 0.3) is 0 Å². The Labute approximate surface area is 85.7 Å². The van der Waals surface area contributed by atoms with Crippen molar-refractivity contribution in [1.29, 1.82) is 0 Å². The van der Waals surface area contributed by atoms with Crippen LogP contribution in [0.15, 0.2) is 28.9 Å². The van der Waals surface area contributed by atoms with Gasteiger partial charge in [-0.3, -0.25) is 0 Å². The van der Waals surface area contributed by atoms with E-state index in [4.69, 9.17) is 4.42 Å². The number of hydrogen-bond acceptors (Lipinski definition) is 1. The summed E-state index contributed by atoms with van der Waals surface area (Å²) in [6.45, 7) is 9.14. The van der Waals surface area contributed by atoms with Crippen LogP contribution in [0.4, 0.5) is 0 Å². The second-order valence-electron chi connectivity index (χ2n) is 4.85. The third-order valence-electron chi connectivity index (χ3n) is 2.60. The van der Waals surface area contributed by atoms with E-state index in [2.05, 4.69) is 44.8 Å². The van der Waals surface area contributed by atoms with Crippen LogP contribution in [0.25, 0.3) is 11.0 Å². The molecule has 0 aliphatic rings. The highest BCUT2D eigenvalue weighted by Gasteiger charge is 2.21. The SMILES string of the molecule is Cc1coc2c([Si](C)(C)C)cccc12. The summed E-state index contributed by atoms with van der Waals surface area (Å²) in [6.07, 6.45) is 1.86. The Balaban J connectivity index is 2.79. The molecule has 0 radical (unpaired) electrons. The van der Waals surface area contributed by atoms with Crippen LogP contribution in [0.2, 0.25) is 19.6 Å². The molecule has 1 aromatic carbocycles. The minimum absolute atomic E-state index is 1.10. The van der Waals surface area contributed by atoms with Crippen molar-refractivity contribution >= 4 is 24.2 Å². The van der Waals surface area contributed by atoms with Crippen LogP contribution in [0, 0.1) is 6.92 Å². The van der Waals surface area contributed by atoms with E-state index in [9.17, 15) is 0 Å². The predicted molar refractivity (Wildman–Crippen MR) is 63.9 cm³/mol. The highest BCUT2D eigenvalue weighted by atomic mass is 28.3. The number of para-hydroxylation sites is 1. The van der Waals surface area contributed by atoms with Crippen LogP contribution in [0.5, 0.6) is 0 Å². The van der Waals surface area contributed by atoms with E-state index in [-0.39, 0.29) is 0 Å². The molecule has 14 heavy (non-hydrogen) atoms. The standard InChI is InChI=1S/C12H16OSi/c1-9-8-13-12-10(9)6-5-7-11(12)14(2,3)4/h5-8H,1-4H3. The van der Waals surface area contributed by atoms with E-state index >= 15 is 0 Å². The van der Waals surface area contributed by atoms with Crippen molar-refractivity contribution in [3.63, 3.8) is 0 Å². The van der Waals surface area contributed by atoms with Gasteiger partial charge in [-0.25, -0.2) is 0 Å². The molecule has 2 rings (SSSR count). The summed E-state index contributed by atoms with van der Waals surface area (Å²) in [5, 5.41) is 2.69. The van der Waals surface area contributed by atoms with Gasteiger partial charge in [0.15, 0.2) is 0 Å². The average Bonchev–Trinajstić information content (AvgIpc) is 2.46. The Bertz CT molecular complexity index is 463. The third-order valence-corrected chi connectivity index (χ3v) is 4.61. The Hall–Kier alpha value is -1.02. The molecule has 0 amide bonds. The fourth-order valence-corrected chi connectivity index (χ4v) is 3.25. The van der Waals surface area contributed by atoms with Crippen LogP contribution in [-0.4, -0.2) is 8.07 Å².